The van der Waals surface area contributed by atoms with Crippen molar-refractivity contribution < 1.29 is 33.4 Å². The number of urea groups is 1. The number of amides is 4. The number of hydrogen-bond acceptors (Lipinski definition) is 7. The van der Waals surface area contributed by atoms with Crippen LogP contribution in [0, 0.1) is 6.92 Å². The Balaban J connectivity index is 1.99. The largest absolute Gasteiger partial charge is 0.493 e. The third-order valence-corrected chi connectivity index (χ3v) is 6.23. The summed E-state index contributed by atoms with van der Waals surface area (Å²) < 4.78 is 16.5. The van der Waals surface area contributed by atoms with Gasteiger partial charge in [0.2, 0.25) is 0 Å². The molecule has 0 radical (unpaired) electrons. The number of carbonyl (C=O) groups excluding carboxylic acids is 4. The summed E-state index contributed by atoms with van der Waals surface area (Å²) in [6.07, 6.45) is 1.33. The Labute approximate surface area is 205 Å². The Kier molecular flexibility index (Phi) is 7.54. The highest BCUT2D eigenvalue weighted by Crippen LogP contribution is 2.35. The maximum atomic E-state index is 13.1. The van der Waals surface area contributed by atoms with E-state index >= 15 is 0 Å². The van der Waals surface area contributed by atoms with Crippen molar-refractivity contribution in [1.82, 2.24) is 5.32 Å². The molecular formula is C22H18Br2N2O7. The van der Waals surface area contributed by atoms with Crippen molar-refractivity contribution in [2.75, 3.05) is 25.7 Å². The van der Waals surface area contributed by atoms with E-state index in [4.69, 9.17) is 9.47 Å². The first-order valence-corrected chi connectivity index (χ1v) is 11.0. The second-order valence-electron chi connectivity index (χ2n) is 6.78. The summed E-state index contributed by atoms with van der Waals surface area (Å²) in [5.41, 5.74) is 1.29. The van der Waals surface area contributed by atoms with Crippen LogP contribution in [0.25, 0.3) is 6.08 Å². The highest BCUT2D eigenvalue weighted by molar-refractivity contribution is 9.10. The van der Waals surface area contributed by atoms with E-state index in [2.05, 4.69) is 41.9 Å². The van der Waals surface area contributed by atoms with Gasteiger partial charge in [-0.05, 0) is 54.5 Å². The van der Waals surface area contributed by atoms with Crippen molar-refractivity contribution in [2.45, 2.75) is 6.92 Å². The van der Waals surface area contributed by atoms with Gasteiger partial charge in [-0.3, -0.25) is 14.9 Å². The van der Waals surface area contributed by atoms with Crippen LogP contribution >= 0.6 is 31.9 Å². The van der Waals surface area contributed by atoms with Gasteiger partial charge in [-0.15, -0.1) is 0 Å². The number of barbiturate groups is 1. The van der Waals surface area contributed by atoms with Crippen LogP contribution in [-0.2, 0) is 19.1 Å². The van der Waals surface area contributed by atoms with E-state index in [9.17, 15) is 19.2 Å². The third kappa shape index (κ3) is 5.25. The number of aryl methyl sites for hydroxylation is 1. The zero-order chi connectivity index (χ0) is 24.3. The Bertz CT molecular complexity index is 1190. The van der Waals surface area contributed by atoms with Crippen LogP contribution < -0.4 is 19.7 Å². The number of rotatable bonds is 6. The van der Waals surface area contributed by atoms with Crippen molar-refractivity contribution in [3.05, 3.63) is 56.0 Å². The number of halogens is 2. The average molecular weight is 582 g/mol. The summed E-state index contributed by atoms with van der Waals surface area (Å²) in [5.74, 6) is -1.67. The number of nitrogens with zero attached hydrogens (tertiary/aromatic N) is 1. The second kappa shape index (κ2) is 10.2. The summed E-state index contributed by atoms with van der Waals surface area (Å²) in [6, 6.07) is 7.16. The van der Waals surface area contributed by atoms with Gasteiger partial charge >= 0.3 is 12.0 Å². The van der Waals surface area contributed by atoms with E-state index in [1.165, 1.54) is 32.4 Å². The van der Waals surface area contributed by atoms with Gasteiger partial charge in [0, 0.05) is 8.95 Å². The number of hydrogen-bond donors (Lipinski definition) is 1. The maximum Gasteiger partial charge on any atom is 0.343 e. The van der Waals surface area contributed by atoms with Gasteiger partial charge in [-0.1, -0.05) is 31.9 Å². The fourth-order valence-corrected chi connectivity index (χ4v) is 3.63. The molecule has 1 fully saturated rings. The van der Waals surface area contributed by atoms with Gasteiger partial charge in [-0.25, -0.2) is 14.5 Å². The molecule has 0 bridgehead atoms. The molecular weight excluding hydrogens is 564 g/mol. The van der Waals surface area contributed by atoms with Crippen LogP contribution in [0.4, 0.5) is 10.5 Å². The molecule has 11 heteroatoms. The molecule has 172 valence electrons. The van der Waals surface area contributed by atoms with Crippen molar-refractivity contribution in [3.63, 3.8) is 0 Å². The summed E-state index contributed by atoms with van der Waals surface area (Å²) >= 11 is 6.74. The quantitative estimate of drug-likeness (QED) is 0.314. The molecule has 0 unspecified atom stereocenters. The summed E-state index contributed by atoms with van der Waals surface area (Å²) in [4.78, 5) is 50.3. The molecule has 2 aromatic carbocycles. The first-order chi connectivity index (χ1) is 15.7. The summed E-state index contributed by atoms with van der Waals surface area (Å²) in [5, 5.41) is 2.19. The van der Waals surface area contributed by atoms with Gasteiger partial charge in [0.15, 0.2) is 18.1 Å². The molecule has 9 nitrogen and oxygen atoms in total. The van der Waals surface area contributed by atoms with Crippen molar-refractivity contribution >= 4 is 67.4 Å². The first kappa shape index (κ1) is 24.5. The fourth-order valence-electron chi connectivity index (χ4n) is 2.94. The minimum atomic E-state index is -0.841. The summed E-state index contributed by atoms with van der Waals surface area (Å²) in [7, 11) is 2.64. The molecule has 0 atom stereocenters. The lowest BCUT2D eigenvalue weighted by atomic mass is 10.1. The van der Waals surface area contributed by atoms with Crippen LogP contribution in [0.1, 0.15) is 11.1 Å². The normalized spacial score (nSPS) is 14.9. The predicted octanol–water partition coefficient (Wildman–Crippen LogP) is 3.75. The average Bonchev–Trinajstić information content (AvgIpc) is 2.78. The Morgan fingerprint density at radius 3 is 2.42 bits per heavy atom. The van der Waals surface area contributed by atoms with Crippen LogP contribution in [0.2, 0.25) is 0 Å². The lowest BCUT2D eigenvalue weighted by Crippen LogP contribution is -2.54. The third-order valence-electron chi connectivity index (χ3n) is 4.66. The SMILES string of the molecule is COC(=O)COc1cc(Br)c(/C=C2\C(=O)NC(=O)N(c3ccc(Br)c(C)c3)C2=O)cc1OC. The monoisotopic (exact) mass is 580 g/mol. The Morgan fingerprint density at radius 1 is 1.06 bits per heavy atom. The van der Waals surface area contributed by atoms with Crippen LogP contribution in [0.3, 0.4) is 0 Å². The number of ether oxygens (including phenoxy) is 3. The van der Waals surface area contributed by atoms with Crippen LogP contribution in [0.5, 0.6) is 11.5 Å². The Morgan fingerprint density at radius 2 is 1.79 bits per heavy atom. The molecule has 1 saturated heterocycles. The Hall–Kier alpha value is -3.18. The number of carbonyl (C=O) groups is 4. The number of nitrogens with one attached hydrogen (secondary N) is 1. The van der Waals surface area contributed by atoms with Crippen LogP contribution in [-0.4, -0.2) is 44.6 Å². The van der Waals surface area contributed by atoms with Gasteiger partial charge in [0.05, 0.1) is 19.9 Å². The van der Waals surface area contributed by atoms with Crippen molar-refractivity contribution in [1.29, 1.82) is 0 Å². The van der Waals surface area contributed by atoms with E-state index in [-0.39, 0.29) is 23.7 Å². The molecule has 1 N–H and O–H groups in total. The molecule has 1 aliphatic heterocycles. The minimum Gasteiger partial charge on any atom is -0.493 e. The molecule has 33 heavy (non-hydrogen) atoms. The van der Waals surface area contributed by atoms with Gasteiger partial charge < -0.3 is 14.2 Å². The van der Waals surface area contributed by atoms with Crippen molar-refractivity contribution in [2.24, 2.45) is 0 Å². The number of methoxy groups -OCH3 is 2. The second-order valence-corrected chi connectivity index (χ2v) is 8.49. The zero-order valence-electron chi connectivity index (χ0n) is 17.7. The van der Waals surface area contributed by atoms with Crippen molar-refractivity contribution in [3.8, 4) is 11.5 Å². The molecule has 1 heterocycles. The van der Waals surface area contributed by atoms with Crippen LogP contribution in [0.15, 0.2) is 44.9 Å². The van der Waals surface area contributed by atoms with E-state index in [0.29, 0.717) is 15.7 Å². The molecule has 2 aromatic rings. The van der Waals surface area contributed by atoms with E-state index in [1.54, 1.807) is 18.2 Å². The van der Waals surface area contributed by atoms with E-state index < -0.39 is 23.8 Å². The molecule has 1 aliphatic rings. The maximum absolute atomic E-state index is 13.1. The van der Waals surface area contributed by atoms with E-state index in [0.717, 1.165) is 14.9 Å². The minimum absolute atomic E-state index is 0.249. The fraction of sp³-hybridized carbons (Fsp3) is 0.182. The van der Waals surface area contributed by atoms with Gasteiger partial charge in [0.1, 0.15) is 5.57 Å². The molecule has 0 saturated carbocycles. The number of benzene rings is 2. The first-order valence-electron chi connectivity index (χ1n) is 9.41. The lowest BCUT2D eigenvalue weighted by Gasteiger charge is -2.26. The molecule has 3 rings (SSSR count). The number of imide groups is 2. The molecule has 4 amide bonds. The molecule has 0 aromatic heterocycles. The number of esters is 1. The summed E-state index contributed by atoms with van der Waals surface area (Å²) in [6.45, 7) is 1.49. The predicted molar refractivity (Wildman–Crippen MR) is 126 cm³/mol. The smallest absolute Gasteiger partial charge is 0.343 e. The van der Waals surface area contributed by atoms with Gasteiger partial charge in [-0.2, -0.15) is 0 Å². The lowest BCUT2D eigenvalue weighted by molar-refractivity contribution is -0.143. The van der Waals surface area contributed by atoms with E-state index in [1.807, 2.05) is 6.92 Å². The topological polar surface area (TPSA) is 111 Å². The molecule has 0 spiro atoms. The van der Waals surface area contributed by atoms with Gasteiger partial charge in [0.25, 0.3) is 11.8 Å². The number of anilines is 1. The standard InChI is InChI=1S/C22H18Br2N2O7/c1-11-6-13(4-5-15(11)23)26-21(29)14(20(28)25-22(26)30)7-12-8-17(31-2)18(9-16(12)24)33-10-19(27)32-3/h4-9H,10H2,1-3H3,(H,25,28,30)/b14-7+. The highest BCUT2D eigenvalue weighted by atomic mass is 79.9. The zero-order valence-corrected chi connectivity index (χ0v) is 20.9. The molecule has 0 aliphatic carbocycles. The highest BCUT2D eigenvalue weighted by Gasteiger charge is 2.37.